The van der Waals surface area contributed by atoms with E-state index in [2.05, 4.69) is 0 Å². The van der Waals surface area contributed by atoms with Gasteiger partial charge in [-0.3, -0.25) is 14.9 Å². The Morgan fingerprint density at radius 1 is 1.32 bits per heavy atom. The number of nitriles is 1. The highest BCUT2D eigenvalue weighted by Crippen LogP contribution is 2.34. The molecule has 128 valence electrons. The van der Waals surface area contributed by atoms with Crippen LogP contribution in [0.5, 0.6) is 0 Å². The lowest BCUT2D eigenvalue weighted by molar-refractivity contribution is -0.384. The first kappa shape index (κ1) is 18.4. The van der Waals surface area contributed by atoms with Gasteiger partial charge in [-0.2, -0.15) is 5.26 Å². The molecule has 6 nitrogen and oxygen atoms in total. The predicted octanol–water partition coefficient (Wildman–Crippen LogP) is 5.03. The molecule has 0 fully saturated rings. The molecule has 0 bridgehead atoms. The van der Waals surface area contributed by atoms with Crippen LogP contribution in [0.3, 0.4) is 0 Å². The zero-order chi connectivity index (χ0) is 18.8. The van der Waals surface area contributed by atoms with Crippen molar-refractivity contribution in [2.45, 2.75) is 20.8 Å². The Morgan fingerprint density at radius 3 is 2.56 bits per heavy atom. The van der Waals surface area contributed by atoms with Crippen molar-refractivity contribution in [3.05, 3.63) is 56.8 Å². The van der Waals surface area contributed by atoms with Gasteiger partial charge >= 0.3 is 0 Å². The second-order valence-electron chi connectivity index (χ2n) is 6.37. The van der Waals surface area contributed by atoms with Crippen LogP contribution in [0.2, 0.25) is 5.02 Å². The van der Waals surface area contributed by atoms with E-state index in [4.69, 9.17) is 16.0 Å². The van der Waals surface area contributed by atoms with Gasteiger partial charge in [-0.1, -0.05) is 32.4 Å². The number of nitro benzene ring substituents is 1. The smallest absolute Gasteiger partial charge is 0.281 e. The Bertz CT molecular complexity index is 914. The lowest BCUT2D eigenvalue weighted by atomic mass is 9.86. The lowest BCUT2D eigenvalue weighted by Gasteiger charge is -2.15. The quantitative estimate of drug-likeness (QED) is 0.330. The van der Waals surface area contributed by atoms with Gasteiger partial charge in [-0.15, -0.1) is 0 Å². The van der Waals surface area contributed by atoms with Gasteiger partial charge in [0, 0.05) is 22.6 Å². The fourth-order valence-corrected chi connectivity index (χ4v) is 2.30. The zero-order valence-electron chi connectivity index (χ0n) is 13.9. The Morgan fingerprint density at radius 2 is 2.00 bits per heavy atom. The second-order valence-corrected chi connectivity index (χ2v) is 6.81. The molecule has 1 heterocycles. The maximum atomic E-state index is 12.2. The SMILES string of the molecule is CC(C)(C)C(=O)/C(C#N)=C/c1ccc(-c2ccc(Cl)cc2[N+](=O)[O-])o1. The Kier molecular flexibility index (Phi) is 5.10. The topological polar surface area (TPSA) is 97.1 Å². The first-order chi connectivity index (χ1) is 11.6. The molecule has 0 aliphatic rings. The summed E-state index contributed by atoms with van der Waals surface area (Å²) >= 11 is 5.80. The van der Waals surface area contributed by atoms with Crippen molar-refractivity contribution in [1.29, 1.82) is 5.26 Å². The number of nitro groups is 1. The number of hydrogen-bond acceptors (Lipinski definition) is 5. The van der Waals surface area contributed by atoms with E-state index in [9.17, 15) is 20.2 Å². The molecule has 0 atom stereocenters. The number of carbonyl (C=O) groups excluding carboxylic acids is 1. The van der Waals surface area contributed by atoms with Crippen LogP contribution in [-0.4, -0.2) is 10.7 Å². The summed E-state index contributed by atoms with van der Waals surface area (Å²) in [6.07, 6.45) is 1.33. The summed E-state index contributed by atoms with van der Waals surface area (Å²) in [7, 11) is 0. The summed E-state index contributed by atoms with van der Waals surface area (Å²) in [4.78, 5) is 22.9. The number of benzene rings is 1. The molecular formula is C18H15ClN2O4. The van der Waals surface area contributed by atoms with E-state index in [0.29, 0.717) is 0 Å². The average molecular weight is 359 g/mol. The van der Waals surface area contributed by atoms with Gasteiger partial charge in [-0.05, 0) is 24.3 Å². The molecule has 0 aliphatic heterocycles. The number of ketones is 1. The van der Waals surface area contributed by atoms with E-state index in [1.54, 1.807) is 32.9 Å². The molecule has 0 spiro atoms. The molecule has 2 aromatic rings. The molecule has 25 heavy (non-hydrogen) atoms. The Hall–Kier alpha value is -2.91. The van der Waals surface area contributed by atoms with E-state index in [1.165, 1.54) is 24.3 Å². The van der Waals surface area contributed by atoms with E-state index < -0.39 is 10.3 Å². The molecule has 2 rings (SSSR count). The Balaban J connectivity index is 2.45. The summed E-state index contributed by atoms with van der Waals surface area (Å²) in [5.41, 5.74) is -0.677. The van der Waals surface area contributed by atoms with Gasteiger partial charge in [0.2, 0.25) is 0 Å². The number of furan rings is 1. The highest BCUT2D eigenvalue weighted by Gasteiger charge is 2.25. The summed E-state index contributed by atoms with van der Waals surface area (Å²) in [5, 5.41) is 20.6. The van der Waals surface area contributed by atoms with E-state index in [-0.39, 0.29) is 39.2 Å². The molecule has 0 saturated carbocycles. The fourth-order valence-electron chi connectivity index (χ4n) is 2.13. The van der Waals surface area contributed by atoms with Gasteiger partial charge in [0.25, 0.3) is 5.69 Å². The van der Waals surface area contributed by atoms with Crippen molar-refractivity contribution in [3.8, 4) is 17.4 Å². The van der Waals surface area contributed by atoms with Crippen LogP contribution in [-0.2, 0) is 4.79 Å². The number of carbonyl (C=O) groups is 1. The summed E-state index contributed by atoms with van der Waals surface area (Å²) in [6, 6.07) is 9.19. The molecule has 1 aromatic carbocycles. The standard InChI is InChI=1S/C18H15ClN2O4/c1-18(2,3)17(22)11(10-20)8-13-5-7-16(25-13)14-6-4-12(19)9-15(14)21(23)24/h4-9H,1-3H3/b11-8+. The Labute approximate surface area is 149 Å². The summed E-state index contributed by atoms with van der Waals surface area (Å²) < 4.78 is 5.57. The highest BCUT2D eigenvalue weighted by molar-refractivity contribution is 6.30. The number of allylic oxidation sites excluding steroid dienone is 1. The first-order valence-electron chi connectivity index (χ1n) is 7.34. The second kappa shape index (κ2) is 6.91. The van der Waals surface area contributed by atoms with Crippen LogP contribution < -0.4 is 0 Å². The van der Waals surface area contributed by atoms with Crippen molar-refractivity contribution in [2.75, 3.05) is 0 Å². The normalized spacial score (nSPS) is 11.9. The molecular weight excluding hydrogens is 344 g/mol. The van der Waals surface area contributed by atoms with Crippen molar-refractivity contribution < 1.29 is 14.1 Å². The molecule has 0 unspecified atom stereocenters. The highest BCUT2D eigenvalue weighted by atomic mass is 35.5. The molecule has 0 aliphatic carbocycles. The number of nitrogens with zero attached hydrogens (tertiary/aromatic N) is 2. The average Bonchev–Trinajstić information content (AvgIpc) is 2.99. The van der Waals surface area contributed by atoms with Crippen LogP contribution in [0, 0.1) is 26.9 Å². The van der Waals surface area contributed by atoms with Gasteiger partial charge in [-0.25, -0.2) is 0 Å². The fraction of sp³-hybridized carbons (Fsp3) is 0.222. The zero-order valence-corrected chi connectivity index (χ0v) is 14.6. The maximum absolute atomic E-state index is 12.2. The number of Topliss-reactive ketones (excluding diaryl/α,β-unsaturated/α-hetero) is 1. The van der Waals surface area contributed by atoms with Gasteiger partial charge < -0.3 is 4.42 Å². The van der Waals surface area contributed by atoms with Crippen LogP contribution >= 0.6 is 11.6 Å². The minimum atomic E-state index is -0.702. The third-order valence-electron chi connectivity index (χ3n) is 3.38. The predicted molar refractivity (Wildman–Crippen MR) is 93.9 cm³/mol. The van der Waals surface area contributed by atoms with Crippen molar-refractivity contribution in [1.82, 2.24) is 0 Å². The van der Waals surface area contributed by atoms with Crippen LogP contribution in [0.25, 0.3) is 17.4 Å². The van der Waals surface area contributed by atoms with E-state index >= 15 is 0 Å². The third-order valence-corrected chi connectivity index (χ3v) is 3.62. The number of halogens is 1. The molecule has 7 heteroatoms. The number of rotatable bonds is 4. The van der Waals surface area contributed by atoms with Crippen molar-refractivity contribution >= 4 is 29.1 Å². The molecule has 0 N–H and O–H groups in total. The molecule has 0 amide bonds. The molecule has 0 saturated heterocycles. The molecule has 0 radical (unpaired) electrons. The van der Waals surface area contributed by atoms with Gasteiger partial charge in [0.15, 0.2) is 5.78 Å². The monoisotopic (exact) mass is 358 g/mol. The van der Waals surface area contributed by atoms with Crippen molar-refractivity contribution in [3.63, 3.8) is 0 Å². The summed E-state index contributed by atoms with van der Waals surface area (Å²) in [5.74, 6) is 0.189. The van der Waals surface area contributed by atoms with E-state index in [0.717, 1.165) is 0 Å². The minimum absolute atomic E-state index is 0.0426. The van der Waals surface area contributed by atoms with Crippen LogP contribution in [0.15, 0.2) is 40.3 Å². The third kappa shape index (κ3) is 4.14. The lowest BCUT2D eigenvalue weighted by Crippen LogP contribution is -2.21. The van der Waals surface area contributed by atoms with Crippen LogP contribution in [0.1, 0.15) is 26.5 Å². The van der Waals surface area contributed by atoms with Crippen LogP contribution in [0.4, 0.5) is 5.69 Å². The summed E-state index contributed by atoms with van der Waals surface area (Å²) in [6.45, 7) is 5.14. The van der Waals surface area contributed by atoms with E-state index in [1.807, 2.05) is 6.07 Å². The van der Waals surface area contributed by atoms with Crippen molar-refractivity contribution in [2.24, 2.45) is 5.41 Å². The molecule has 1 aromatic heterocycles. The number of hydrogen-bond donors (Lipinski definition) is 0. The maximum Gasteiger partial charge on any atom is 0.281 e. The van der Waals surface area contributed by atoms with Gasteiger partial charge in [0.1, 0.15) is 17.6 Å². The largest absolute Gasteiger partial charge is 0.456 e. The van der Waals surface area contributed by atoms with Gasteiger partial charge in [0.05, 0.1) is 16.1 Å². The first-order valence-corrected chi connectivity index (χ1v) is 7.72. The minimum Gasteiger partial charge on any atom is -0.456 e.